The van der Waals surface area contributed by atoms with Gasteiger partial charge in [0, 0.05) is 37.4 Å². The minimum Gasteiger partial charge on any atom is -0.395 e. The highest BCUT2D eigenvalue weighted by atomic mass is 16.3. The van der Waals surface area contributed by atoms with Gasteiger partial charge in [0.15, 0.2) is 0 Å². The zero-order valence-electron chi connectivity index (χ0n) is 19.5. The molecule has 11 nitrogen and oxygen atoms in total. The van der Waals surface area contributed by atoms with Gasteiger partial charge in [0.05, 0.1) is 34.9 Å². The summed E-state index contributed by atoms with van der Waals surface area (Å²) in [6, 6.07) is 7.20. The van der Waals surface area contributed by atoms with Crippen LogP contribution >= 0.6 is 0 Å². The van der Waals surface area contributed by atoms with Gasteiger partial charge >= 0.3 is 0 Å². The van der Waals surface area contributed by atoms with Crippen LogP contribution in [0.2, 0.25) is 0 Å². The van der Waals surface area contributed by atoms with Crippen molar-refractivity contribution in [1.82, 2.24) is 34.7 Å². The quantitative estimate of drug-likeness (QED) is 0.219. The molecule has 0 amide bonds. The van der Waals surface area contributed by atoms with Gasteiger partial charge in [-0.15, -0.1) is 0 Å². The number of aromatic nitrogens is 7. The molecule has 11 heteroatoms. The molecule has 1 atom stereocenters. The molecule has 0 unspecified atom stereocenters. The zero-order valence-corrected chi connectivity index (χ0v) is 19.5. The molecule has 0 saturated heterocycles. The fraction of sp³-hybridized carbons (Fsp3) is 0.292. The Bertz CT molecular complexity index is 1520. The first-order chi connectivity index (χ1) is 17.1. The fourth-order valence-corrected chi connectivity index (χ4v) is 4.09. The second kappa shape index (κ2) is 9.55. The molecule has 0 saturated carbocycles. The predicted octanol–water partition coefficient (Wildman–Crippen LogP) is 3.05. The number of anilines is 2. The van der Waals surface area contributed by atoms with E-state index in [1.165, 1.54) is 0 Å². The summed E-state index contributed by atoms with van der Waals surface area (Å²) in [6.45, 7) is 5.16. The van der Waals surface area contributed by atoms with Gasteiger partial charge in [0.2, 0.25) is 0 Å². The Balaban J connectivity index is 1.67. The number of nitrogens with zero attached hydrogens (tertiary/aromatic N) is 5. The molecular formula is C24H27N9O2. The van der Waals surface area contributed by atoms with Crippen molar-refractivity contribution in [1.29, 1.82) is 0 Å². The molecule has 180 valence electrons. The Hall–Kier alpha value is -4.25. The van der Waals surface area contributed by atoms with E-state index in [1.807, 2.05) is 38.2 Å². The highest BCUT2D eigenvalue weighted by Gasteiger charge is 2.23. The SMILES string of the molecule is CC[C@H](Nc1c(-c2nc3ccc(NCCO)cc3[nH]2)c(=O)[nH]c2cn(CC)nc12)c1ncccn1. The van der Waals surface area contributed by atoms with E-state index < -0.39 is 0 Å². The first-order valence-corrected chi connectivity index (χ1v) is 11.6. The van der Waals surface area contributed by atoms with E-state index in [9.17, 15) is 4.79 Å². The van der Waals surface area contributed by atoms with Crippen LogP contribution in [-0.2, 0) is 6.54 Å². The molecule has 0 spiro atoms. The minimum atomic E-state index is -0.280. The van der Waals surface area contributed by atoms with E-state index in [1.54, 1.807) is 23.1 Å². The number of imidazole rings is 1. The smallest absolute Gasteiger partial charge is 0.261 e. The predicted molar refractivity (Wildman–Crippen MR) is 135 cm³/mol. The standard InChI is InChI=1S/C24H27N9O2/c1-3-15(22-26-8-5-9-27-22)28-21-19(24(35)31-18-13-33(4-2)32-20(18)21)23-29-16-7-6-14(25-10-11-34)12-17(16)30-23/h5-9,12-13,15,25,28,34H,3-4,10-11H2,1-2H3,(H,29,30)(H,31,35)/t15-/m0/s1. The van der Waals surface area contributed by atoms with E-state index >= 15 is 0 Å². The number of aryl methyl sites for hydroxylation is 1. The first-order valence-electron chi connectivity index (χ1n) is 11.6. The second-order valence-corrected chi connectivity index (χ2v) is 8.13. The molecule has 5 aromatic rings. The van der Waals surface area contributed by atoms with Crippen LogP contribution in [0.25, 0.3) is 33.5 Å². The van der Waals surface area contributed by atoms with Crippen LogP contribution in [0.3, 0.4) is 0 Å². The van der Waals surface area contributed by atoms with Crippen LogP contribution in [0, 0.1) is 0 Å². The number of hydrogen-bond acceptors (Lipinski definition) is 8. The number of nitrogens with one attached hydrogen (secondary N) is 4. The number of fused-ring (bicyclic) bond motifs is 2. The summed E-state index contributed by atoms with van der Waals surface area (Å²) in [6.07, 6.45) is 5.93. The summed E-state index contributed by atoms with van der Waals surface area (Å²) in [4.78, 5) is 33.1. The summed E-state index contributed by atoms with van der Waals surface area (Å²) in [7, 11) is 0. The van der Waals surface area contributed by atoms with Crippen LogP contribution in [-0.4, -0.2) is 53.0 Å². The molecule has 0 aliphatic carbocycles. The van der Waals surface area contributed by atoms with Gasteiger partial charge in [-0.1, -0.05) is 6.92 Å². The molecule has 5 N–H and O–H groups in total. The average Bonchev–Trinajstić information content (AvgIpc) is 3.49. The number of aliphatic hydroxyl groups excluding tert-OH is 1. The van der Waals surface area contributed by atoms with E-state index in [-0.39, 0.29) is 18.2 Å². The van der Waals surface area contributed by atoms with Gasteiger partial charge in [0.25, 0.3) is 5.56 Å². The normalized spacial score (nSPS) is 12.3. The Morgan fingerprint density at radius 3 is 2.71 bits per heavy atom. The molecular weight excluding hydrogens is 446 g/mol. The maximum absolute atomic E-state index is 13.4. The molecule has 0 aliphatic heterocycles. The fourth-order valence-electron chi connectivity index (χ4n) is 4.09. The molecule has 5 rings (SSSR count). The summed E-state index contributed by atoms with van der Waals surface area (Å²) in [5, 5.41) is 20.4. The van der Waals surface area contributed by atoms with Crippen molar-refractivity contribution in [3.05, 3.63) is 59.0 Å². The number of aromatic amines is 2. The topological polar surface area (TPSA) is 149 Å². The van der Waals surface area contributed by atoms with Gasteiger partial charge in [-0.2, -0.15) is 5.10 Å². The van der Waals surface area contributed by atoms with Crippen molar-refractivity contribution in [3.8, 4) is 11.4 Å². The first kappa shape index (κ1) is 22.5. The Labute approximate surface area is 200 Å². The minimum absolute atomic E-state index is 0.0326. The van der Waals surface area contributed by atoms with Crippen LogP contribution in [0.1, 0.15) is 32.1 Å². The number of H-pyrrole nitrogens is 2. The lowest BCUT2D eigenvalue weighted by Crippen LogP contribution is -2.18. The summed E-state index contributed by atoms with van der Waals surface area (Å²) in [5.41, 5.74) is 4.28. The molecule has 1 aromatic carbocycles. The molecule has 0 radical (unpaired) electrons. The summed E-state index contributed by atoms with van der Waals surface area (Å²) < 4.78 is 1.78. The summed E-state index contributed by atoms with van der Waals surface area (Å²) >= 11 is 0. The molecule has 0 bridgehead atoms. The maximum Gasteiger partial charge on any atom is 0.261 e. The molecule has 0 aliphatic rings. The third-order valence-electron chi connectivity index (χ3n) is 5.83. The molecule has 4 aromatic heterocycles. The van der Waals surface area contributed by atoms with Gasteiger partial charge in [-0.25, -0.2) is 15.0 Å². The number of hydrogen-bond donors (Lipinski definition) is 5. The van der Waals surface area contributed by atoms with Crippen molar-refractivity contribution in [2.24, 2.45) is 0 Å². The van der Waals surface area contributed by atoms with Crippen LogP contribution in [0.15, 0.2) is 47.7 Å². The van der Waals surface area contributed by atoms with E-state index in [0.717, 1.165) is 16.7 Å². The van der Waals surface area contributed by atoms with Crippen LogP contribution in [0.5, 0.6) is 0 Å². The molecule has 0 fully saturated rings. The van der Waals surface area contributed by atoms with E-state index in [4.69, 9.17) is 15.2 Å². The van der Waals surface area contributed by atoms with Crippen molar-refractivity contribution >= 4 is 33.4 Å². The van der Waals surface area contributed by atoms with Crippen molar-refractivity contribution in [2.45, 2.75) is 32.9 Å². The van der Waals surface area contributed by atoms with Crippen molar-refractivity contribution in [2.75, 3.05) is 23.8 Å². The van der Waals surface area contributed by atoms with Crippen LogP contribution in [0.4, 0.5) is 11.4 Å². The van der Waals surface area contributed by atoms with Crippen molar-refractivity contribution < 1.29 is 5.11 Å². The lowest BCUT2D eigenvalue weighted by Gasteiger charge is -2.18. The lowest BCUT2D eigenvalue weighted by molar-refractivity contribution is 0.311. The van der Waals surface area contributed by atoms with Gasteiger partial charge in [-0.05, 0) is 37.6 Å². The monoisotopic (exact) mass is 473 g/mol. The highest BCUT2D eigenvalue weighted by Crippen LogP contribution is 2.33. The van der Waals surface area contributed by atoms with E-state index in [0.29, 0.717) is 53.4 Å². The van der Waals surface area contributed by atoms with Crippen LogP contribution < -0.4 is 16.2 Å². The van der Waals surface area contributed by atoms with Crippen molar-refractivity contribution in [3.63, 3.8) is 0 Å². The lowest BCUT2D eigenvalue weighted by atomic mass is 10.1. The Morgan fingerprint density at radius 1 is 1.14 bits per heavy atom. The zero-order chi connectivity index (χ0) is 24.4. The Morgan fingerprint density at radius 2 is 1.97 bits per heavy atom. The largest absolute Gasteiger partial charge is 0.395 e. The third-order valence-corrected chi connectivity index (χ3v) is 5.83. The van der Waals surface area contributed by atoms with Gasteiger partial charge in [-0.3, -0.25) is 9.48 Å². The highest BCUT2D eigenvalue weighted by molar-refractivity contribution is 5.96. The maximum atomic E-state index is 13.4. The number of rotatable bonds is 9. The Kier molecular flexibility index (Phi) is 6.15. The third kappa shape index (κ3) is 4.33. The average molecular weight is 474 g/mol. The second-order valence-electron chi connectivity index (χ2n) is 8.13. The summed E-state index contributed by atoms with van der Waals surface area (Å²) in [5.74, 6) is 1.06. The van der Waals surface area contributed by atoms with Gasteiger partial charge < -0.3 is 25.7 Å². The number of benzene rings is 1. The number of aliphatic hydroxyl groups is 1. The van der Waals surface area contributed by atoms with Gasteiger partial charge in [0.1, 0.15) is 22.7 Å². The number of pyridine rings is 1. The molecule has 4 heterocycles. The van der Waals surface area contributed by atoms with E-state index in [2.05, 4.69) is 30.6 Å². The molecule has 35 heavy (non-hydrogen) atoms.